The highest BCUT2D eigenvalue weighted by molar-refractivity contribution is 6.14. The summed E-state index contributed by atoms with van der Waals surface area (Å²) >= 11 is 0. The Morgan fingerprint density at radius 3 is 2.17 bits per heavy atom. The molecule has 3 aliphatic carbocycles. The van der Waals surface area contributed by atoms with Crippen molar-refractivity contribution in [2.75, 3.05) is 0 Å². The van der Waals surface area contributed by atoms with Crippen LogP contribution in [-0.2, 0) is 0 Å². The Balaban J connectivity index is 1.27. The molecular formula is C55H41N3. The van der Waals surface area contributed by atoms with Crippen LogP contribution in [0.15, 0.2) is 198 Å². The van der Waals surface area contributed by atoms with Gasteiger partial charge in [0.05, 0.1) is 27.6 Å². The zero-order chi connectivity index (χ0) is 38.5. The summed E-state index contributed by atoms with van der Waals surface area (Å²) in [5, 5.41) is 8.80. The molecule has 58 heavy (non-hydrogen) atoms. The van der Waals surface area contributed by atoms with Crippen molar-refractivity contribution >= 4 is 66.7 Å². The fourth-order valence-electron chi connectivity index (χ4n) is 10.4. The van der Waals surface area contributed by atoms with Crippen LogP contribution >= 0.6 is 0 Å². The van der Waals surface area contributed by atoms with Gasteiger partial charge in [-0.05, 0) is 52.3 Å². The van der Waals surface area contributed by atoms with Crippen LogP contribution in [0.3, 0.4) is 0 Å². The molecule has 3 heterocycles. The summed E-state index contributed by atoms with van der Waals surface area (Å²) in [5.41, 5.74) is 12.2. The lowest BCUT2D eigenvalue weighted by atomic mass is 9.75. The van der Waals surface area contributed by atoms with Gasteiger partial charge in [-0.3, -0.25) is 4.57 Å². The first kappa shape index (κ1) is 33.2. The van der Waals surface area contributed by atoms with Crippen molar-refractivity contribution in [1.29, 1.82) is 0 Å². The Hall–Kier alpha value is -6.97. The first-order valence-electron chi connectivity index (χ1n) is 20.6. The van der Waals surface area contributed by atoms with Gasteiger partial charge in [0.1, 0.15) is 5.84 Å². The van der Waals surface area contributed by atoms with Gasteiger partial charge < -0.3 is 4.57 Å². The van der Waals surface area contributed by atoms with Gasteiger partial charge in [0.15, 0.2) is 0 Å². The van der Waals surface area contributed by atoms with Crippen molar-refractivity contribution in [2.24, 2.45) is 28.7 Å². The summed E-state index contributed by atoms with van der Waals surface area (Å²) in [5.74, 6) is 1.97. The maximum atomic E-state index is 5.81. The minimum Gasteiger partial charge on any atom is -0.309 e. The molecule has 1 aliphatic heterocycles. The van der Waals surface area contributed by atoms with Crippen LogP contribution in [-0.4, -0.2) is 15.0 Å². The van der Waals surface area contributed by atoms with Crippen LogP contribution < -0.4 is 10.6 Å². The second-order valence-electron chi connectivity index (χ2n) is 16.3. The van der Waals surface area contributed by atoms with Crippen LogP contribution in [0, 0.1) is 23.7 Å². The molecule has 0 saturated carbocycles. The van der Waals surface area contributed by atoms with Crippen molar-refractivity contribution in [1.82, 2.24) is 9.13 Å². The molecule has 4 unspecified atom stereocenters. The molecule has 3 heteroatoms. The summed E-state index contributed by atoms with van der Waals surface area (Å²) in [6.45, 7) is 4.75. The monoisotopic (exact) mass is 743 g/mol. The maximum absolute atomic E-state index is 5.81. The molecule has 3 nitrogen and oxygen atoms in total. The highest BCUT2D eigenvalue weighted by Crippen LogP contribution is 2.43. The third kappa shape index (κ3) is 4.77. The predicted molar refractivity (Wildman–Crippen MR) is 243 cm³/mol. The van der Waals surface area contributed by atoms with Crippen molar-refractivity contribution < 1.29 is 0 Å². The number of allylic oxidation sites excluding steroid dienone is 9. The topological polar surface area (TPSA) is 22.2 Å². The number of nitrogens with zero attached hydrogens (tertiary/aromatic N) is 3. The minimum absolute atomic E-state index is 0.114. The molecule has 4 atom stereocenters. The molecule has 0 amide bonds. The van der Waals surface area contributed by atoms with Crippen LogP contribution in [0.25, 0.3) is 66.5 Å². The van der Waals surface area contributed by atoms with E-state index in [9.17, 15) is 0 Å². The van der Waals surface area contributed by atoms with E-state index in [4.69, 9.17) is 4.99 Å². The molecular weight excluding hydrogens is 703 g/mol. The zero-order valence-corrected chi connectivity index (χ0v) is 32.5. The standard InChI is InChI=1S/C55H41N3/c1-34-16-15-26-44-47(34)33-48-46-31-28-36-17-9-10-23-41(36)53(46)58(55-35(2)40-22-11-12-25-45(40)52(56-55)37-18-5-3-6-19-37)54(48)51(44)38-29-30-43-42-24-13-14-27-49(42)57(50(43)32-38)39-20-7-4-8-21-39/h3-35,40,47H,1-2H3. The largest absolute Gasteiger partial charge is 0.309 e. The number of aromatic nitrogens is 2. The van der Waals surface area contributed by atoms with Crippen LogP contribution in [0.1, 0.15) is 25.0 Å². The summed E-state index contributed by atoms with van der Waals surface area (Å²) in [4.78, 5) is 5.81. The summed E-state index contributed by atoms with van der Waals surface area (Å²) in [7, 11) is 0. The van der Waals surface area contributed by atoms with E-state index >= 15 is 0 Å². The molecule has 0 N–H and O–H groups in total. The number of aliphatic imine (C=N–C) groups is 1. The van der Waals surface area contributed by atoms with Gasteiger partial charge in [-0.1, -0.05) is 178 Å². The number of fused-ring (bicyclic) bond motifs is 10. The van der Waals surface area contributed by atoms with Crippen molar-refractivity contribution in [2.45, 2.75) is 13.8 Å². The second kappa shape index (κ2) is 12.8. The molecule has 12 rings (SSSR count). The van der Waals surface area contributed by atoms with Gasteiger partial charge in [0, 0.05) is 61.3 Å². The first-order chi connectivity index (χ1) is 28.6. The van der Waals surface area contributed by atoms with E-state index in [0.29, 0.717) is 5.92 Å². The highest BCUT2D eigenvalue weighted by Gasteiger charge is 2.36. The van der Waals surface area contributed by atoms with Gasteiger partial charge >= 0.3 is 0 Å². The first-order valence-corrected chi connectivity index (χ1v) is 20.6. The van der Waals surface area contributed by atoms with E-state index in [2.05, 4.69) is 211 Å². The van der Waals surface area contributed by atoms with E-state index in [-0.39, 0.29) is 17.8 Å². The van der Waals surface area contributed by atoms with Gasteiger partial charge in [-0.2, -0.15) is 0 Å². The highest BCUT2D eigenvalue weighted by atomic mass is 15.1. The van der Waals surface area contributed by atoms with Crippen LogP contribution in [0.4, 0.5) is 0 Å². The van der Waals surface area contributed by atoms with Gasteiger partial charge in [0.2, 0.25) is 0 Å². The van der Waals surface area contributed by atoms with E-state index < -0.39 is 0 Å². The molecule has 0 fully saturated rings. The third-order valence-electron chi connectivity index (χ3n) is 13.1. The Morgan fingerprint density at radius 1 is 0.569 bits per heavy atom. The molecule has 0 saturated heterocycles. The Morgan fingerprint density at radius 2 is 1.31 bits per heavy atom. The molecule has 0 spiro atoms. The SMILES string of the molecule is CC1C=CC=C2C(c3ccc4c5ccccc5n(-c5ccccc5)c4c3)=c3c(c4ccc5ccccc5c4n3C3=NC(c4ccccc4)=C4C=CC=CC4C3C)=CC21. The Labute approximate surface area is 337 Å². The zero-order valence-electron chi connectivity index (χ0n) is 32.5. The van der Waals surface area contributed by atoms with Crippen molar-refractivity contribution in [3.05, 3.63) is 215 Å². The van der Waals surface area contributed by atoms with Crippen LogP contribution in [0.2, 0.25) is 0 Å². The second-order valence-corrected chi connectivity index (χ2v) is 16.3. The number of para-hydroxylation sites is 2. The van der Waals surface area contributed by atoms with E-state index in [1.54, 1.807) is 0 Å². The smallest absolute Gasteiger partial charge is 0.118 e. The predicted octanol–water partition coefficient (Wildman–Crippen LogP) is 11.7. The van der Waals surface area contributed by atoms with Crippen LogP contribution in [0.5, 0.6) is 0 Å². The number of hydrogen-bond acceptors (Lipinski definition) is 1. The lowest BCUT2D eigenvalue weighted by Gasteiger charge is -2.33. The van der Waals surface area contributed by atoms with Crippen molar-refractivity contribution in [3.63, 3.8) is 0 Å². The number of rotatable bonds is 3. The molecule has 0 bridgehead atoms. The lowest BCUT2D eigenvalue weighted by Crippen LogP contribution is -2.44. The number of hydrogen-bond donors (Lipinski definition) is 0. The van der Waals surface area contributed by atoms with Crippen molar-refractivity contribution in [3.8, 4) is 5.69 Å². The molecule has 8 aromatic rings. The van der Waals surface area contributed by atoms with Gasteiger partial charge in [0.25, 0.3) is 0 Å². The summed E-state index contributed by atoms with van der Waals surface area (Å²) in [6, 6.07) is 51.2. The molecule has 4 aliphatic rings. The number of benzene rings is 6. The fraction of sp³-hybridized carbons (Fsp3) is 0.109. The third-order valence-corrected chi connectivity index (χ3v) is 13.1. The van der Waals surface area contributed by atoms with E-state index in [1.165, 1.54) is 76.3 Å². The normalized spacial score (nSPS) is 21.0. The quantitative estimate of drug-likeness (QED) is 0.172. The Bertz CT molecular complexity index is 3360. The maximum Gasteiger partial charge on any atom is 0.118 e. The van der Waals surface area contributed by atoms with Gasteiger partial charge in [-0.15, -0.1) is 0 Å². The molecule has 6 aromatic carbocycles. The average molecular weight is 744 g/mol. The van der Waals surface area contributed by atoms with Gasteiger partial charge in [-0.25, -0.2) is 4.99 Å². The minimum atomic E-state index is 0.114. The molecule has 276 valence electrons. The molecule has 0 radical (unpaired) electrons. The summed E-state index contributed by atoms with van der Waals surface area (Å²) < 4.78 is 5.03. The van der Waals surface area contributed by atoms with E-state index in [0.717, 1.165) is 22.8 Å². The van der Waals surface area contributed by atoms with E-state index in [1.807, 2.05) is 0 Å². The average Bonchev–Trinajstić information content (AvgIpc) is 3.79. The summed E-state index contributed by atoms with van der Waals surface area (Å²) in [6.07, 6.45) is 18.6. The fourth-order valence-corrected chi connectivity index (χ4v) is 10.4. The Kier molecular flexibility index (Phi) is 7.31. The lowest BCUT2D eigenvalue weighted by molar-refractivity contribution is 0.597. The molecule has 2 aromatic heterocycles.